The fourth-order valence-corrected chi connectivity index (χ4v) is 2.86. The minimum absolute atomic E-state index is 0.000288. The minimum atomic E-state index is -0.193. The largest absolute Gasteiger partial charge is 0.495 e. The van der Waals surface area contributed by atoms with Gasteiger partial charge < -0.3 is 15.2 Å². The summed E-state index contributed by atoms with van der Waals surface area (Å²) in [6.45, 7) is 2.04. The summed E-state index contributed by atoms with van der Waals surface area (Å²) in [5, 5.41) is 13.0. The monoisotopic (exact) mass is 335 g/mol. The Hall–Kier alpha value is -1.52. The van der Waals surface area contributed by atoms with E-state index in [2.05, 4.69) is 21.2 Å². The highest BCUT2D eigenvalue weighted by atomic mass is 79.9. The van der Waals surface area contributed by atoms with E-state index in [0.717, 1.165) is 21.5 Å². The molecule has 2 aromatic carbocycles. The standard InChI is InChI=1S/C16H18BrNO2/c1-11-7-8-12(13(17)9-11)15(10-19)18-14-5-3-4-6-16(14)20-2/h3-9,15,18-19H,10H2,1-2H3. The molecule has 0 saturated heterocycles. The fourth-order valence-electron chi connectivity index (χ4n) is 2.09. The van der Waals surface area contributed by atoms with Gasteiger partial charge in [-0.05, 0) is 36.2 Å². The summed E-state index contributed by atoms with van der Waals surface area (Å²) < 4.78 is 6.31. The maximum Gasteiger partial charge on any atom is 0.141 e. The maximum atomic E-state index is 9.67. The van der Waals surface area contributed by atoms with Crippen LogP contribution in [-0.2, 0) is 0 Å². The number of para-hydroxylation sites is 2. The van der Waals surface area contributed by atoms with Gasteiger partial charge in [-0.25, -0.2) is 0 Å². The molecule has 0 radical (unpaired) electrons. The average molecular weight is 336 g/mol. The third-order valence-corrected chi connectivity index (χ3v) is 3.84. The molecule has 3 nitrogen and oxygen atoms in total. The van der Waals surface area contributed by atoms with Crippen LogP contribution in [0.3, 0.4) is 0 Å². The Labute approximate surface area is 127 Å². The molecule has 0 saturated carbocycles. The number of aliphatic hydroxyl groups excluding tert-OH is 1. The van der Waals surface area contributed by atoms with E-state index in [4.69, 9.17) is 4.74 Å². The molecule has 0 bridgehead atoms. The predicted octanol–water partition coefficient (Wildman–Crippen LogP) is 3.91. The maximum absolute atomic E-state index is 9.67. The van der Waals surface area contributed by atoms with Crippen LogP contribution in [0.15, 0.2) is 46.9 Å². The van der Waals surface area contributed by atoms with Crippen molar-refractivity contribution in [3.63, 3.8) is 0 Å². The van der Waals surface area contributed by atoms with Crippen LogP contribution in [-0.4, -0.2) is 18.8 Å². The van der Waals surface area contributed by atoms with E-state index in [9.17, 15) is 5.11 Å². The molecule has 1 unspecified atom stereocenters. The van der Waals surface area contributed by atoms with E-state index >= 15 is 0 Å². The van der Waals surface area contributed by atoms with Gasteiger partial charge in [-0.15, -0.1) is 0 Å². The number of nitrogens with one attached hydrogen (secondary N) is 1. The normalized spacial score (nSPS) is 12.0. The summed E-state index contributed by atoms with van der Waals surface area (Å²) in [5.74, 6) is 0.759. The zero-order valence-electron chi connectivity index (χ0n) is 11.6. The molecule has 0 amide bonds. The van der Waals surface area contributed by atoms with E-state index < -0.39 is 0 Å². The number of rotatable bonds is 5. The first kappa shape index (κ1) is 14.9. The zero-order chi connectivity index (χ0) is 14.5. The molecule has 0 heterocycles. The number of methoxy groups -OCH3 is 1. The molecule has 0 fully saturated rings. The van der Waals surface area contributed by atoms with E-state index in [1.807, 2.05) is 49.4 Å². The van der Waals surface area contributed by atoms with Gasteiger partial charge in [0, 0.05) is 4.47 Å². The number of ether oxygens (including phenoxy) is 1. The van der Waals surface area contributed by atoms with Gasteiger partial charge in [-0.2, -0.15) is 0 Å². The minimum Gasteiger partial charge on any atom is -0.495 e. The van der Waals surface area contributed by atoms with E-state index in [-0.39, 0.29) is 12.6 Å². The smallest absolute Gasteiger partial charge is 0.141 e. The third kappa shape index (κ3) is 3.32. The van der Waals surface area contributed by atoms with Gasteiger partial charge in [-0.3, -0.25) is 0 Å². The van der Waals surface area contributed by atoms with Gasteiger partial charge in [0.1, 0.15) is 5.75 Å². The number of aryl methyl sites for hydroxylation is 1. The van der Waals surface area contributed by atoms with Gasteiger partial charge in [-0.1, -0.05) is 40.2 Å². The van der Waals surface area contributed by atoms with Gasteiger partial charge in [0.05, 0.1) is 25.4 Å². The van der Waals surface area contributed by atoms with Crippen molar-refractivity contribution >= 4 is 21.6 Å². The van der Waals surface area contributed by atoms with Crippen molar-refractivity contribution in [2.45, 2.75) is 13.0 Å². The molecule has 0 aromatic heterocycles. The van der Waals surface area contributed by atoms with Gasteiger partial charge >= 0.3 is 0 Å². The second-order valence-corrected chi connectivity index (χ2v) is 5.46. The molecule has 4 heteroatoms. The van der Waals surface area contributed by atoms with Crippen molar-refractivity contribution in [2.75, 3.05) is 19.0 Å². The van der Waals surface area contributed by atoms with Crippen molar-refractivity contribution in [3.05, 3.63) is 58.1 Å². The summed E-state index contributed by atoms with van der Waals surface area (Å²) in [7, 11) is 1.64. The summed E-state index contributed by atoms with van der Waals surface area (Å²) in [4.78, 5) is 0. The molecule has 1 atom stereocenters. The highest BCUT2D eigenvalue weighted by molar-refractivity contribution is 9.10. The second kappa shape index (κ2) is 6.77. The molecule has 106 valence electrons. The first-order valence-corrected chi connectivity index (χ1v) is 7.21. The van der Waals surface area contributed by atoms with E-state index in [0.29, 0.717) is 0 Å². The topological polar surface area (TPSA) is 41.5 Å². The number of halogens is 1. The number of hydrogen-bond acceptors (Lipinski definition) is 3. The second-order valence-electron chi connectivity index (χ2n) is 4.60. The summed E-state index contributed by atoms with van der Waals surface area (Å²) in [5.41, 5.74) is 3.06. The first-order valence-electron chi connectivity index (χ1n) is 6.42. The summed E-state index contributed by atoms with van der Waals surface area (Å²) in [6.07, 6.45) is 0. The number of anilines is 1. The highest BCUT2D eigenvalue weighted by Gasteiger charge is 2.15. The molecule has 2 N–H and O–H groups in total. The quantitative estimate of drug-likeness (QED) is 0.870. The fraction of sp³-hybridized carbons (Fsp3) is 0.250. The lowest BCUT2D eigenvalue weighted by atomic mass is 10.1. The molecule has 20 heavy (non-hydrogen) atoms. The van der Waals surface area contributed by atoms with Gasteiger partial charge in [0.2, 0.25) is 0 Å². The van der Waals surface area contributed by atoms with Crippen molar-refractivity contribution < 1.29 is 9.84 Å². The lowest BCUT2D eigenvalue weighted by molar-refractivity contribution is 0.275. The molecule has 0 aliphatic heterocycles. The van der Waals surface area contributed by atoms with Gasteiger partial charge in [0.15, 0.2) is 0 Å². The van der Waals surface area contributed by atoms with Crippen LogP contribution in [0.25, 0.3) is 0 Å². The van der Waals surface area contributed by atoms with Gasteiger partial charge in [0.25, 0.3) is 0 Å². The van der Waals surface area contributed by atoms with Crippen LogP contribution in [0.4, 0.5) is 5.69 Å². The Kier molecular flexibility index (Phi) is 5.04. The lowest BCUT2D eigenvalue weighted by Gasteiger charge is -2.21. The number of benzene rings is 2. The number of hydrogen-bond donors (Lipinski definition) is 2. The van der Waals surface area contributed by atoms with Crippen molar-refractivity contribution in [2.24, 2.45) is 0 Å². The Morgan fingerprint density at radius 2 is 2.00 bits per heavy atom. The first-order chi connectivity index (χ1) is 9.65. The van der Waals surface area contributed by atoms with E-state index in [1.165, 1.54) is 5.56 Å². The van der Waals surface area contributed by atoms with Crippen LogP contribution in [0.5, 0.6) is 5.75 Å². The Balaban J connectivity index is 2.29. The highest BCUT2D eigenvalue weighted by Crippen LogP contribution is 2.31. The molecule has 0 spiro atoms. The molecule has 2 rings (SSSR count). The molecule has 2 aromatic rings. The zero-order valence-corrected chi connectivity index (χ0v) is 13.1. The third-order valence-electron chi connectivity index (χ3n) is 3.15. The predicted molar refractivity (Wildman–Crippen MR) is 85.3 cm³/mol. The number of aliphatic hydroxyl groups is 1. The molecule has 0 aliphatic carbocycles. The van der Waals surface area contributed by atoms with Crippen molar-refractivity contribution in [1.29, 1.82) is 0 Å². The van der Waals surface area contributed by atoms with Crippen molar-refractivity contribution in [1.82, 2.24) is 0 Å². The van der Waals surface area contributed by atoms with Crippen LogP contribution in [0.1, 0.15) is 17.2 Å². The molecular formula is C16H18BrNO2. The van der Waals surface area contributed by atoms with Crippen molar-refractivity contribution in [3.8, 4) is 5.75 Å². The lowest BCUT2D eigenvalue weighted by Crippen LogP contribution is -2.16. The SMILES string of the molecule is COc1ccccc1NC(CO)c1ccc(C)cc1Br. The Morgan fingerprint density at radius 1 is 1.25 bits per heavy atom. The summed E-state index contributed by atoms with van der Waals surface area (Å²) >= 11 is 3.56. The summed E-state index contributed by atoms with van der Waals surface area (Å²) in [6, 6.07) is 13.6. The van der Waals surface area contributed by atoms with E-state index in [1.54, 1.807) is 7.11 Å². The Bertz CT molecular complexity index is 586. The van der Waals surface area contributed by atoms with Crippen LogP contribution in [0, 0.1) is 6.92 Å². The van der Waals surface area contributed by atoms with Crippen LogP contribution >= 0.6 is 15.9 Å². The molecule has 0 aliphatic rings. The van der Waals surface area contributed by atoms with Crippen LogP contribution < -0.4 is 10.1 Å². The average Bonchev–Trinajstić information content (AvgIpc) is 2.46. The molecular weight excluding hydrogens is 318 g/mol. The van der Waals surface area contributed by atoms with Crippen LogP contribution in [0.2, 0.25) is 0 Å². The Morgan fingerprint density at radius 3 is 2.65 bits per heavy atom.